The molecule has 15 heavy (non-hydrogen) atoms. The molecule has 1 N–H and O–H groups in total. The van der Waals surface area contributed by atoms with Gasteiger partial charge in [-0.2, -0.15) is 0 Å². The minimum absolute atomic E-state index is 0.622. The van der Waals surface area contributed by atoms with E-state index in [2.05, 4.69) is 21.8 Å². The molecule has 0 amide bonds. The number of hydrogen-bond acceptors (Lipinski definition) is 2. The maximum atomic E-state index is 4.28. The largest absolute Gasteiger partial charge is 0.330 e. The molecule has 1 aliphatic rings. The number of imidazole rings is 1. The Morgan fingerprint density at radius 3 is 3.33 bits per heavy atom. The first-order valence-corrected chi connectivity index (χ1v) is 6.13. The average molecular weight is 207 g/mol. The van der Waals surface area contributed by atoms with E-state index in [4.69, 9.17) is 0 Å². The van der Waals surface area contributed by atoms with Crippen molar-refractivity contribution in [1.29, 1.82) is 0 Å². The monoisotopic (exact) mass is 207 g/mol. The molecule has 0 aliphatic carbocycles. The Morgan fingerprint density at radius 2 is 2.47 bits per heavy atom. The number of nitrogens with one attached hydrogen (secondary N) is 1. The highest BCUT2D eigenvalue weighted by molar-refractivity contribution is 5.01. The van der Waals surface area contributed by atoms with E-state index in [1.54, 1.807) is 0 Å². The summed E-state index contributed by atoms with van der Waals surface area (Å²) in [5.74, 6) is 0. The summed E-state index contributed by atoms with van der Waals surface area (Å²) in [6.07, 6.45) is 10.3. The van der Waals surface area contributed by atoms with Gasteiger partial charge in [0.1, 0.15) is 0 Å². The highest BCUT2D eigenvalue weighted by atomic mass is 15.1. The van der Waals surface area contributed by atoms with Crippen molar-refractivity contribution in [2.45, 2.75) is 45.1 Å². The third kappa shape index (κ3) is 2.59. The van der Waals surface area contributed by atoms with E-state index in [0.29, 0.717) is 6.04 Å². The molecule has 1 fully saturated rings. The highest BCUT2D eigenvalue weighted by Gasteiger charge is 2.15. The molecule has 0 aromatic carbocycles. The van der Waals surface area contributed by atoms with Gasteiger partial charge < -0.3 is 9.88 Å². The van der Waals surface area contributed by atoms with Crippen LogP contribution in [0.15, 0.2) is 12.5 Å². The number of hydrogen-bond donors (Lipinski definition) is 1. The normalized spacial score (nSPS) is 22.6. The van der Waals surface area contributed by atoms with Crippen LogP contribution in [0.3, 0.4) is 0 Å². The Morgan fingerprint density at radius 1 is 1.53 bits per heavy atom. The minimum Gasteiger partial charge on any atom is -0.330 e. The van der Waals surface area contributed by atoms with Crippen LogP contribution in [0.4, 0.5) is 0 Å². The zero-order valence-corrected chi connectivity index (χ0v) is 9.58. The summed E-state index contributed by atoms with van der Waals surface area (Å²) in [5.41, 5.74) is 1.39. The fourth-order valence-corrected chi connectivity index (χ4v) is 2.35. The van der Waals surface area contributed by atoms with E-state index in [9.17, 15) is 0 Å². The van der Waals surface area contributed by atoms with Gasteiger partial charge in [-0.15, -0.1) is 0 Å². The Hall–Kier alpha value is -0.830. The lowest BCUT2D eigenvalue weighted by Crippen LogP contribution is -2.24. The molecule has 0 bridgehead atoms. The smallest absolute Gasteiger partial charge is 0.0951 e. The van der Waals surface area contributed by atoms with Gasteiger partial charge in [0, 0.05) is 24.5 Å². The zero-order valence-electron chi connectivity index (χ0n) is 9.58. The zero-order chi connectivity index (χ0) is 10.5. The van der Waals surface area contributed by atoms with Gasteiger partial charge in [-0.3, -0.25) is 0 Å². The van der Waals surface area contributed by atoms with E-state index in [1.807, 2.05) is 12.5 Å². The quantitative estimate of drug-likeness (QED) is 0.823. The van der Waals surface area contributed by atoms with Crippen molar-refractivity contribution in [3.8, 4) is 0 Å². The fourth-order valence-electron chi connectivity index (χ4n) is 2.35. The van der Waals surface area contributed by atoms with Crippen molar-refractivity contribution >= 4 is 0 Å². The molecule has 1 aromatic heterocycles. The van der Waals surface area contributed by atoms with Crippen LogP contribution in [-0.2, 0) is 6.42 Å². The SMILES string of the molecule is CCCc1cncn1C1CCCCNC1. The van der Waals surface area contributed by atoms with Crippen LogP contribution in [-0.4, -0.2) is 22.6 Å². The van der Waals surface area contributed by atoms with Crippen LogP contribution < -0.4 is 5.32 Å². The molecule has 0 saturated carbocycles. The number of rotatable bonds is 3. The molecule has 1 unspecified atom stereocenters. The minimum atomic E-state index is 0.622. The first-order chi connectivity index (χ1) is 7.42. The van der Waals surface area contributed by atoms with E-state index in [1.165, 1.54) is 37.9 Å². The Balaban J connectivity index is 2.08. The molecule has 2 heterocycles. The van der Waals surface area contributed by atoms with Gasteiger partial charge in [0.05, 0.1) is 6.33 Å². The van der Waals surface area contributed by atoms with Crippen LogP contribution in [0.2, 0.25) is 0 Å². The number of nitrogens with zero attached hydrogens (tertiary/aromatic N) is 2. The summed E-state index contributed by atoms with van der Waals surface area (Å²) in [6.45, 7) is 4.50. The number of aryl methyl sites for hydroxylation is 1. The lowest BCUT2D eigenvalue weighted by molar-refractivity contribution is 0.447. The summed E-state index contributed by atoms with van der Waals surface area (Å²) in [7, 11) is 0. The van der Waals surface area contributed by atoms with Crippen LogP contribution in [0.1, 0.15) is 44.3 Å². The van der Waals surface area contributed by atoms with Crippen molar-refractivity contribution < 1.29 is 0 Å². The summed E-state index contributed by atoms with van der Waals surface area (Å²) in [5, 5.41) is 3.51. The third-order valence-corrected chi connectivity index (χ3v) is 3.17. The van der Waals surface area contributed by atoms with Crippen molar-refractivity contribution in [2.24, 2.45) is 0 Å². The van der Waals surface area contributed by atoms with Crippen molar-refractivity contribution in [2.75, 3.05) is 13.1 Å². The second-order valence-corrected chi connectivity index (χ2v) is 4.40. The summed E-state index contributed by atoms with van der Waals surface area (Å²) in [6, 6.07) is 0.622. The van der Waals surface area contributed by atoms with Gasteiger partial charge in [-0.1, -0.05) is 19.8 Å². The van der Waals surface area contributed by atoms with Gasteiger partial charge in [0.25, 0.3) is 0 Å². The molecular formula is C12H21N3. The van der Waals surface area contributed by atoms with Crippen LogP contribution in [0, 0.1) is 0 Å². The first kappa shape index (κ1) is 10.7. The van der Waals surface area contributed by atoms with E-state index >= 15 is 0 Å². The van der Waals surface area contributed by atoms with Crippen LogP contribution in [0.5, 0.6) is 0 Å². The predicted molar refractivity (Wildman–Crippen MR) is 62.0 cm³/mol. The molecule has 1 atom stereocenters. The van der Waals surface area contributed by atoms with Crippen molar-refractivity contribution in [1.82, 2.24) is 14.9 Å². The predicted octanol–water partition coefficient (Wildman–Crippen LogP) is 2.15. The van der Waals surface area contributed by atoms with Gasteiger partial charge in [0.2, 0.25) is 0 Å². The first-order valence-electron chi connectivity index (χ1n) is 6.13. The standard InChI is InChI=1S/C12H21N3/c1-2-5-11-9-14-10-15(11)12-6-3-4-7-13-8-12/h9-10,12-13H,2-8H2,1H3. The number of aromatic nitrogens is 2. The third-order valence-electron chi connectivity index (χ3n) is 3.17. The molecule has 3 nitrogen and oxygen atoms in total. The summed E-state index contributed by atoms with van der Waals surface area (Å²) in [4.78, 5) is 4.28. The van der Waals surface area contributed by atoms with Gasteiger partial charge in [-0.25, -0.2) is 4.98 Å². The van der Waals surface area contributed by atoms with Crippen LogP contribution >= 0.6 is 0 Å². The summed E-state index contributed by atoms with van der Waals surface area (Å²) >= 11 is 0. The maximum absolute atomic E-state index is 4.28. The lowest BCUT2D eigenvalue weighted by Gasteiger charge is -2.18. The Kier molecular flexibility index (Phi) is 3.78. The molecule has 0 spiro atoms. The second-order valence-electron chi connectivity index (χ2n) is 4.40. The van der Waals surface area contributed by atoms with Crippen LogP contribution in [0.25, 0.3) is 0 Å². The topological polar surface area (TPSA) is 29.9 Å². The van der Waals surface area contributed by atoms with Gasteiger partial charge in [0.15, 0.2) is 0 Å². The van der Waals surface area contributed by atoms with Crippen molar-refractivity contribution in [3.63, 3.8) is 0 Å². The van der Waals surface area contributed by atoms with Gasteiger partial charge >= 0.3 is 0 Å². The van der Waals surface area contributed by atoms with Gasteiger partial charge in [-0.05, 0) is 25.8 Å². The van der Waals surface area contributed by atoms with E-state index in [-0.39, 0.29) is 0 Å². The molecule has 0 radical (unpaired) electrons. The molecule has 1 saturated heterocycles. The van der Waals surface area contributed by atoms with Crippen molar-refractivity contribution in [3.05, 3.63) is 18.2 Å². The van der Waals surface area contributed by atoms with E-state index in [0.717, 1.165) is 13.0 Å². The Labute approximate surface area is 91.9 Å². The molecular weight excluding hydrogens is 186 g/mol. The average Bonchev–Trinajstić information content (AvgIpc) is 2.53. The fraction of sp³-hybridized carbons (Fsp3) is 0.750. The molecule has 1 aromatic rings. The maximum Gasteiger partial charge on any atom is 0.0951 e. The van der Waals surface area contributed by atoms with E-state index < -0.39 is 0 Å². The highest BCUT2D eigenvalue weighted by Crippen LogP contribution is 2.19. The Bertz CT molecular complexity index is 285. The lowest BCUT2D eigenvalue weighted by atomic mass is 10.1. The molecule has 84 valence electrons. The molecule has 2 rings (SSSR count). The molecule has 1 aliphatic heterocycles. The second kappa shape index (κ2) is 5.31. The molecule has 3 heteroatoms. The summed E-state index contributed by atoms with van der Waals surface area (Å²) < 4.78 is 2.38.